The largest absolute Gasteiger partial charge is 0.452 e. The van der Waals surface area contributed by atoms with Crippen LogP contribution in [0.15, 0.2) is 30.3 Å². The number of ether oxygens (including phenoxy) is 1. The number of carbonyl (C=O) groups is 2. The van der Waals surface area contributed by atoms with Gasteiger partial charge in [0.2, 0.25) is 0 Å². The lowest BCUT2D eigenvalue weighted by atomic mass is 10.1. The summed E-state index contributed by atoms with van der Waals surface area (Å²) in [6, 6.07) is 9.20. The van der Waals surface area contributed by atoms with Crippen LogP contribution in [0.5, 0.6) is 0 Å². The molecule has 1 amide bonds. The molecule has 0 fully saturated rings. The number of rotatable bonds is 4. The van der Waals surface area contributed by atoms with Gasteiger partial charge in [0, 0.05) is 0 Å². The van der Waals surface area contributed by atoms with Gasteiger partial charge in [0.15, 0.2) is 6.61 Å². The van der Waals surface area contributed by atoms with Gasteiger partial charge in [-0.3, -0.25) is 4.79 Å². The van der Waals surface area contributed by atoms with Crippen molar-refractivity contribution in [3.05, 3.63) is 63.2 Å². The second-order valence-corrected chi connectivity index (χ2v) is 6.29. The van der Waals surface area contributed by atoms with Crippen LogP contribution in [0.1, 0.15) is 32.6 Å². The molecule has 0 aliphatic carbocycles. The second kappa shape index (κ2) is 7.49. The molecule has 0 saturated carbocycles. The van der Waals surface area contributed by atoms with Gasteiger partial charge in [0.05, 0.1) is 16.3 Å². The van der Waals surface area contributed by atoms with Gasteiger partial charge in [0.25, 0.3) is 5.91 Å². The van der Waals surface area contributed by atoms with E-state index in [9.17, 15) is 9.59 Å². The summed E-state index contributed by atoms with van der Waals surface area (Å²) in [4.78, 5) is 24.2. The molecule has 5 heteroatoms. The SMILES string of the molecule is Cc1cc(C)c(NC(=O)COC(=O)c2cc(C)ccc2C)c(Cl)c1. The zero-order valence-corrected chi connectivity index (χ0v) is 15.0. The molecule has 0 bridgehead atoms. The van der Waals surface area contributed by atoms with Crippen LogP contribution in [-0.2, 0) is 9.53 Å². The Kier molecular flexibility index (Phi) is 5.62. The molecule has 0 aliphatic rings. The van der Waals surface area contributed by atoms with Crippen molar-refractivity contribution in [2.75, 3.05) is 11.9 Å². The molecule has 2 aromatic rings. The molecule has 0 radical (unpaired) electrons. The Hall–Kier alpha value is -2.33. The maximum absolute atomic E-state index is 12.1. The van der Waals surface area contributed by atoms with E-state index < -0.39 is 11.9 Å². The van der Waals surface area contributed by atoms with Gasteiger partial charge in [0.1, 0.15) is 0 Å². The van der Waals surface area contributed by atoms with Gasteiger partial charge in [-0.1, -0.05) is 35.4 Å². The first-order chi connectivity index (χ1) is 11.3. The van der Waals surface area contributed by atoms with Crippen LogP contribution >= 0.6 is 11.6 Å². The molecule has 0 aromatic heterocycles. The monoisotopic (exact) mass is 345 g/mol. The third-order valence-corrected chi connectivity index (χ3v) is 3.94. The quantitative estimate of drug-likeness (QED) is 0.837. The van der Waals surface area contributed by atoms with Gasteiger partial charge in [-0.2, -0.15) is 0 Å². The lowest BCUT2D eigenvalue weighted by Crippen LogP contribution is -2.22. The molecule has 4 nitrogen and oxygen atoms in total. The van der Waals surface area contributed by atoms with E-state index in [-0.39, 0.29) is 6.61 Å². The number of hydrogen-bond acceptors (Lipinski definition) is 3. The van der Waals surface area contributed by atoms with E-state index in [0.29, 0.717) is 16.3 Å². The summed E-state index contributed by atoms with van der Waals surface area (Å²) in [5.74, 6) is -0.944. The lowest BCUT2D eigenvalue weighted by molar-refractivity contribution is -0.119. The molecule has 0 aliphatic heterocycles. The van der Waals surface area contributed by atoms with E-state index >= 15 is 0 Å². The average molecular weight is 346 g/mol. The van der Waals surface area contributed by atoms with Crippen LogP contribution in [0.4, 0.5) is 5.69 Å². The van der Waals surface area contributed by atoms with Crippen LogP contribution in [0, 0.1) is 27.7 Å². The number of halogens is 1. The molecule has 126 valence electrons. The maximum Gasteiger partial charge on any atom is 0.338 e. The van der Waals surface area contributed by atoms with Gasteiger partial charge in [-0.25, -0.2) is 4.79 Å². The number of esters is 1. The predicted molar refractivity (Wildman–Crippen MR) is 95.8 cm³/mol. The van der Waals surface area contributed by atoms with Crippen LogP contribution in [0.3, 0.4) is 0 Å². The summed E-state index contributed by atoms with van der Waals surface area (Å²) in [6.07, 6.45) is 0. The van der Waals surface area contributed by atoms with Crippen molar-refractivity contribution in [3.8, 4) is 0 Å². The molecule has 0 unspecified atom stereocenters. The van der Waals surface area contributed by atoms with Gasteiger partial charge < -0.3 is 10.1 Å². The molecule has 24 heavy (non-hydrogen) atoms. The fourth-order valence-electron chi connectivity index (χ4n) is 2.41. The summed E-state index contributed by atoms with van der Waals surface area (Å²) in [7, 11) is 0. The van der Waals surface area contributed by atoms with E-state index in [0.717, 1.165) is 22.3 Å². The zero-order valence-electron chi connectivity index (χ0n) is 14.2. The Balaban J connectivity index is 2.01. The normalized spacial score (nSPS) is 10.4. The maximum atomic E-state index is 12.1. The van der Waals surface area contributed by atoms with Crippen molar-refractivity contribution in [3.63, 3.8) is 0 Å². The Morgan fingerprint density at radius 1 is 1.00 bits per heavy atom. The highest BCUT2D eigenvalue weighted by atomic mass is 35.5. The standard InChI is InChI=1S/C19H20ClNO3/c1-11-5-6-13(3)15(8-11)19(23)24-10-17(22)21-18-14(4)7-12(2)9-16(18)20/h5-9H,10H2,1-4H3,(H,21,22). The number of nitrogens with one attached hydrogen (secondary N) is 1. The van der Waals surface area contributed by atoms with Gasteiger partial charge >= 0.3 is 5.97 Å². The highest BCUT2D eigenvalue weighted by Crippen LogP contribution is 2.27. The summed E-state index contributed by atoms with van der Waals surface area (Å²) in [6.45, 7) is 7.14. The van der Waals surface area contributed by atoms with Crippen molar-refractivity contribution in [2.24, 2.45) is 0 Å². The third-order valence-electron chi connectivity index (χ3n) is 3.64. The molecular formula is C19H20ClNO3. The van der Waals surface area contributed by atoms with Crippen molar-refractivity contribution in [1.29, 1.82) is 0 Å². The summed E-state index contributed by atoms with van der Waals surface area (Å²) >= 11 is 6.15. The number of benzene rings is 2. The van der Waals surface area contributed by atoms with Crippen molar-refractivity contribution in [1.82, 2.24) is 0 Å². The van der Waals surface area contributed by atoms with E-state index in [2.05, 4.69) is 5.32 Å². The second-order valence-electron chi connectivity index (χ2n) is 5.88. The minimum atomic E-state index is -0.516. The predicted octanol–water partition coefficient (Wildman–Crippen LogP) is 4.37. The topological polar surface area (TPSA) is 55.4 Å². The first-order valence-electron chi connectivity index (χ1n) is 7.59. The molecule has 2 aromatic carbocycles. The summed E-state index contributed by atoms with van der Waals surface area (Å²) in [5.41, 5.74) is 4.64. The molecule has 0 heterocycles. The van der Waals surface area contributed by atoms with Gasteiger partial charge in [-0.15, -0.1) is 0 Å². The number of carbonyl (C=O) groups excluding carboxylic acids is 2. The molecule has 0 saturated heterocycles. The highest BCUT2D eigenvalue weighted by Gasteiger charge is 2.14. The molecule has 0 atom stereocenters. The minimum Gasteiger partial charge on any atom is -0.452 e. The third kappa shape index (κ3) is 4.36. The number of aryl methyl sites for hydroxylation is 4. The number of anilines is 1. The lowest BCUT2D eigenvalue weighted by Gasteiger charge is -2.12. The van der Waals surface area contributed by atoms with Crippen LogP contribution in [-0.4, -0.2) is 18.5 Å². The fourth-order valence-corrected chi connectivity index (χ4v) is 2.78. The van der Waals surface area contributed by atoms with E-state index in [4.69, 9.17) is 16.3 Å². The number of hydrogen-bond donors (Lipinski definition) is 1. The first-order valence-corrected chi connectivity index (χ1v) is 7.96. The molecular weight excluding hydrogens is 326 g/mol. The van der Waals surface area contributed by atoms with Crippen molar-refractivity contribution < 1.29 is 14.3 Å². The van der Waals surface area contributed by atoms with Crippen LogP contribution in [0.25, 0.3) is 0 Å². The molecule has 0 spiro atoms. The molecule has 1 N–H and O–H groups in total. The Labute approximate surface area is 146 Å². The fraction of sp³-hybridized carbons (Fsp3) is 0.263. The average Bonchev–Trinajstić information content (AvgIpc) is 2.50. The van der Waals surface area contributed by atoms with Crippen LogP contribution in [0.2, 0.25) is 5.02 Å². The van der Waals surface area contributed by atoms with Gasteiger partial charge in [-0.05, 0) is 56.5 Å². The van der Waals surface area contributed by atoms with E-state index in [1.807, 2.05) is 45.9 Å². The van der Waals surface area contributed by atoms with Crippen LogP contribution < -0.4 is 5.32 Å². The smallest absolute Gasteiger partial charge is 0.338 e. The zero-order chi connectivity index (χ0) is 17.9. The first kappa shape index (κ1) is 18.0. The van der Waals surface area contributed by atoms with E-state index in [1.165, 1.54) is 0 Å². The summed E-state index contributed by atoms with van der Waals surface area (Å²) < 4.78 is 5.11. The summed E-state index contributed by atoms with van der Waals surface area (Å²) in [5, 5.41) is 3.15. The van der Waals surface area contributed by atoms with E-state index in [1.54, 1.807) is 12.1 Å². The van der Waals surface area contributed by atoms with Crippen molar-refractivity contribution >= 4 is 29.2 Å². The Morgan fingerprint density at radius 3 is 2.38 bits per heavy atom. The molecule has 2 rings (SSSR count). The Bertz CT molecular complexity index is 776. The minimum absolute atomic E-state index is 0.365. The number of amides is 1. The Morgan fingerprint density at radius 2 is 1.71 bits per heavy atom. The van der Waals surface area contributed by atoms with Crippen molar-refractivity contribution in [2.45, 2.75) is 27.7 Å². The highest BCUT2D eigenvalue weighted by molar-refractivity contribution is 6.34.